The first kappa shape index (κ1) is 15.1. The van der Waals surface area contributed by atoms with Crippen LogP contribution in [0.25, 0.3) is 0 Å². The fourth-order valence-electron chi connectivity index (χ4n) is 2.28. The van der Waals surface area contributed by atoms with Crippen molar-refractivity contribution < 1.29 is 4.79 Å². The summed E-state index contributed by atoms with van der Waals surface area (Å²) in [7, 11) is 2.05. The Balaban J connectivity index is 2.04. The van der Waals surface area contributed by atoms with Crippen LogP contribution < -0.4 is 10.6 Å². The van der Waals surface area contributed by atoms with Crippen LogP contribution in [0, 0.1) is 0 Å². The maximum absolute atomic E-state index is 12.3. The van der Waals surface area contributed by atoms with E-state index in [1.165, 1.54) is 6.20 Å². The second kappa shape index (κ2) is 6.90. The predicted molar refractivity (Wildman–Crippen MR) is 81.4 cm³/mol. The number of anilines is 1. The van der Waals surface area contributed by atoms with Crippen LogP contribution in [0.3, 0.4) is 0 Å². The first-order chi connectivity index (χ1) is 9.60. The number of nitrogens with zero attached hydrogens (tertiary/aromatic N) is 2. The van der Waals surface area contributed by atoms with Gasteiger partial charge in [0.2, 0.25) is 0 Å². The minimum absolute atomic E-state index is 0.128. The summed E-state index contributed by atoms with van der Waals surface area (Å²) in [6.07, 6.45) is 3.50. The lowest BCUT2D eigenvalue weighted by Gasteiger charge is -2.14. The highest BCUT2D eigenvalue weighted by molar-refractivity contribution is 6.33. The highest BCUT2D eigenvalue weighted by Crippen LogP contribution is 2.19. The zero-order valence-corrected chi connectivity index (χ0v) is 12.7. The van der Waals surface area contributed by atoms with Crippen molar-refractivity contribution in [1.29, 1.82) is 0 Å². The van der Waals surface area contributed by atoms with E-state index in [9.17, 15) is 4.79 Å². The number of pyridine rings is 1. The topological polar surface area (TPSA) is 57.3 Å². The molecule has 110 valence electrons. The largest absolute Gasteiger partial charge is 0.370 e. The van der Waals surface area contributed by atoms with Gasteiger partial charge in [0, 0.05) is 25.3 Å². The van der Waals surface area contributed by atoms with Crippen LogP contribution in [0.1, 0.15) is 30.1 Å². The van der Waals surface area contributed by atoms with Gasteiger partial charge in [0.1, 0.15) is 5.82 Å². The number of hydrogen-bond donors (Lipinski definition) is 2. The average molecular weight is 297 g/mol. The summed E-state index contributed by atoms with van der Waals surface area (Å²) in [5.41, 5.74) is 0.481. The average Bonchev–Trinajstić information content (AvgIpc) is 2.83. The summed E-state index contributed by atoms with van der Waals surface area (Å²) in [4.78, 5) is 18.7. The predicted octanol–water partition coefficient (Wildman–Crippen LogP) is 1.99. The molecule has 2 rings (SSSR count). The van der Waals surface area contributed by atoms with Crippen LogP contribution in [0.4, 0.5) is 5.82 Å². The van der Waals surface area contributed by atoms with Crippen LogP contribution in [0.2, 0.25) is 5.02 Å². The van der Waals surface area contributed by atoms with E-state index >= 15 is 0 Å². The van der Waals surface area contributed by atoms with Crippen LogP contribution in [-0.4, -0.2) is 48.5 Å². The van der Waals surface area contributed by atoms with Gasteiger partial charge in [-0.25, -0.2) is 4.98 Å². The van der Waals surface area contributed by atoms with Gasteiger partial charge in [0.25, 0.3) is 5.91 Å². The third-order valence-electron chi connectivity index (χ3n) is 3.38. The third kappa shape index (κ3) is 3.84. The van der Waals surface area contributed by atoms with E-state index in [1.807, 2.05) is 0 Å². The molecule has 0 radical (unpaired) electrons. The van der Waals surface area contributed by atoms with E-state index in [-0.39, 0.29) is 11.9 Å². The standard InChI is InChI=1S/C14H21ClN4O/c1-3-5-16-13-7-11(12(15)8-17-13)14(20)18-10-4-6-19(2)9-10/h7-8,10H,3-6,9H2,1-2H3,(H,16,17)(H,18,20). The number of rotatable bonds is 5. The monoisotopic (exact) mass is 296 g/mol. The lowest BCUT2D eigenvalue weighted by Crippen LogP contribution is -2.36. The van der Waals surface area contributed by atoms with Crippen LogP contribution in [0.5, 0.6) is 0 Å². The molecule has 1 amide bonds. The number of amides is 1. The van der Waals surface area contributed by atoms with E-state index in [0.29, 0.717) is 16.4 Å². The second-order valence-corrected chi connectivity index (χ2v) is 5.60. The smallest absolute Gasteiger partial charge is 0.253 e. The number of hydrogen-bond acceptors (Lipinski definition) is 4. The Kier molecular flexibility index (Phi) is 5.20. The summed E-state index contributed by atoms with van der Waals surface area (Å²) in [5, 5.41) is 6.57. The van der Waals surface area contributed by atoms with Gasteiger partial charge in [-0.1, -0.05) is 18.5 Å². The molecule has 2 heterocycles. The normalized spacial score (nSPS) is 19.1. The van der Waals surface area contributed by atoms with Crippen molar-refractivity contribution in [3.8, 4) is 0 Å². The highest BCUT2D eigenvalue weighted by atomic mass is 35.5. The Morgan fingerprint density at radius 1 is 1.60 bits per heavy atom. The molecule has 0 aromatic carbocycles. The molecule has 1 saturated heterocycles. The van der Waals surface area contributed by atoms with Crippen molar-refractivity contribution in [1.82, 2.24) is 15.2 Å². The first-order valence-corrected chi connectivity index (χ1v) is 7.36. The zero-order chi connectivity index (χ0) is 14.5. The Bertz CT molecular complexity index is 480. The molecule has 1 atom stereocenters. The molecule has 1 aliphatic heterocycles. The first-order valence-electron chi connectivity index (χ1n) is 6.99. The van der Waals surface area contributed by atoms with Gasteiger partial charge >= 0.3 is 0 Å². The van der Waals surface area contributed by atoms with E-state index in [0.717, 1.165) is 32.5 Å². The highest BCUT2D eigenvalue weighted by Gasteiger charge is 2.22. The summed E-state index contributed by atoms with van der Waals surface area (Å²) < 4.78 is 0. The summed E-state index contributed by atoms with van der Waals surface area (Å²) >= 11 is 6.08. The van der Waals surface area contributed by atoms with Crippen molar-refractivity contribution in [2.75, 3.05) is 32.0 Å². The van der Waals surface area contributed by atoms with Crippen molar-refractivity contribution in [3.63, 3.8) is 0 Å². The Labute approximate surface area is 124 Å². The molecule has 1 aliphatic rings. The van der Waals surface area contributed by atoms with Crippen LogP contribution in [-0.2, 0) is 0 Å². The van der Waals surface area contributed by atoms with Gasteiger partial charge < -0.3 is 15.5 Å². The number of nitrogens with one attached hydrogen (secondary N) is 2. The van der Waals surface area contributed by atoms with Gasteiger partial charge in [-0.2, -0.15) is 0 Å². The molecule has 0 bridgehead atoms. The molecular weight excluding hydrogens is 276 g/mol. The van der Waals surface area contributed by atoms with Gasteiger partial charge in [-0.15, -0.1) is 0 Å². The number of likely N-dealkylation sites (N-methyl/N-ethyl adjacent to an activating group) is 1. The number of carbonyl (C=O) groups is 1. The number of halogens is 1. The number of likely N-dealkylation sites (tertiary alicyclic amines) is 1. The fraction of sp³-hybridized carbons (Fsp3) is 0.571. The quantitative estimate of drug-likeness (QED) is 0.872. The van der Waals surface area contributed by atoms with Gasteiger partial charge in [0.05, 0.1) is 10.6 Å². The van der Waals surface area contributed by atoms with Crippen LogP contribution >= 0.6 is 11.6 Å². The maximum atomic E-state index is 12.3. The van der Waals surface area contributed by atoms with Crippen LogP contribution in [0.15, 0.2) is 12.3 Å². The summed E-state index contributed by atoms with van der Waals surface area (Å²) in [6.45, 7) is 4.80. The van der Waals surface area contributed by atoms with Crippen molar-refractivity contribution in [3.05, 3.63) is 22.8 Å². The van der Waals surface area contributed by atoms with E-state index in [1.54, 1.807) is 6.07 Å². The van der Waals surface area contributed by atoms with Crippen molar-refractivity contribution in [2.24, 2.45) is 0 Å². The van der Waals surface area contributed by atoms with E-state index < -0.39 is 0 Å². The maximum Gasteiger partial charge on any atom is 0.253 e. The Morgan fingerprint density at radius 3 is 3.05 bits per heavy atom. The molecule has 1 fully saturated rings. The molecule has 1 aromatic rings. The molecule has 6 heteroatoms. The minimum Gasteiger partial charge on any atom is -0.370 e. The van der Waals surface area contributed by atoms with E-state index in [2.05, 4.69) is 34.5 Å². The molecule has 5 nitrogen and oxygen atoms in total. The minimum atomic E-state index is -0.128. The number of carbonyl (C=O) groups excluding carboxylic acids is 1. The molecule has 1 unspecified atom stereocenters. The SMILES string of the molecule is CCCNc1cc(C(=O)NC2CCN(C)C2)c(Cl)cn1. The van der Waals surface area contributed by atoms with Crippen molar-refractivity contribution >= 4 is 23.3 Å². The Morgan fingerprint density at radius 2 is 2.40 bits per heavy atom. The van der Waals surface area contributed by atoms with E-state index in [4.69, 9.17) is 11.6 Å². The Hall–Kier alpha value is -1.33. The molecular formula is C14H21ClN4O. The molecule has 20 heavy (non-hydrogen) atoms. The molecule has 0 aliphatic carbocycles. The van der Waals surface area contributed by atoms with Gasteiger partial charge in [0.15, 0.2) is 0 Å². The van der Waals surface area contributed by atoms with Gasteiger partial charge in [-0.05, 0) is 32.5 Å². The fourth-order valence-corrected chi connectivity index (χ4v) is 2.47. The number of aromatic nitrogens is 1. The summed E-state index contributed by atoms with van der Waals surface area (Å²) in [5.74, 6) is 0.558. The second-order valence-electron chi connectivity index (χ2n) is 5.20. The zero-order valence-electron chi connectivity index (χ0n) is 11.9. The third-order valence-corrected chi connectivity index (χ3v) is 3.68. The lowest BCUT2D eigenvalue weighted by atomic mass is 10.2. The molecule has 2 N–H and O–H groups in total. The summed E-state index contributed by atoms with van der Waals surface area (Å²) in [6, 6.07) is 1.91. The molecule has 0 saturated carbocycles. The molecule has 0 spiro atoms. The van der Waals surface area contributed by atoms with Gasteiger partial charge in [-0.3, -0.25) is 4.79 Å². The molecule has 1 aromatic heterocycles. The lowest BCUT2D eigenvalue weighted by molar-refractivity contribution is 0.0938. The van der Waals surface area contributed by atoms with Crippen molar-refractivity contribution in [2.45, 2.75) is 25.8 Å².